The lowest BCUT2D eigenvalue weighted by Crippen LogP contribution is -2.26. The molecule has 1 saturated heterocycles. The van der Waals surface area contributed by atoms with E-state index >= 15 is 0 Å². The third kappa shape index (κ3) is 3.91. The second-order valence-electron chi connectivity index (χ2n) is 6.89. The molecule has 0 spiro atoms. The van der Waals surface area contributed by atoms with Crippen molar-refractivity contribution in [1.82, 2.24) is 20.5 Å². The minimum atomic E-state index is -0.633. The topological polar surface area (TPSA) is 118 Å². The molecule has 0 radical (unpaired) electrons. The van der Waals surface area contributed by atoms with E-state index in [1.165, 1.54) is 18.4 Å². The lowest BCUT2D eigenvalue weighted by atomic mass is 9.90. The van der Waals surface area contributed by atoms with Crippen LogP contribution >= 0.6 is 0 Å². The van der Waals surface area contributed by atoms with Gasteiger partial charge in [-0.1, -0.05) is 12.1 Å². The lowest BCUT2D eigenvalue weighted by molar-refractivity contribution is 0.0995. The molecule has 4 rings (SSSR count). The van der Waals surface area contributed by atoms with Crippen molar-refractivity contribution in [1.29, 1.82) is 0 Å². The quantitative estimate of drug-likeness (QED) is 0.625. The third-order valence-corrected chi connectivity index (χ3v) is 4.82. The molecular formula is C18H23N7O. The molecule has 1 aliphatic carbocycles. The Hall–Kier alpha value is -2.74. The van der Waals surface area contributed by atoms with Crippen molar-refractivity contribution in [2.24, 2.45) is 5.73 Å². The molecule has 0 atom stereocenters. The van der Waals surface area contributed by atoms with E-state index in [1.807, 2.05) is 12.1 Å². The zero-order valence-corrected chi connectivity index (χ0v) is 14.5. The summed E-state index contributed by atoms with van der Waals surface area (Å²) >= 11 is 0. The van der Waals surface area contributed by atoms with Gasteiger partial charge in [-0.2, -0.15) is 4.98 Å². The average molecular weight is 353 g/mol. The maximum Gasteiger partial charge on any atom is 0.273 e. The van der Waals surface area contributed by atoms with Crippen molar-refractivity contribution in [3.05, 3.63) is 35.5 Å². The highest BCUT2D eigenvalue weighted by molar-refractivity contribution is 5.95. The standard InChI is InChI=1S/C18H23N7O/c19-16(26)15-17(21-13-5-6-13)23-18(25-24-15)22-14-3-1-11(2-4-14)12-7-9-20-10-8-12/h1-4,12-13,20H,5-10H2,(H2,19,26)(H2,21,22,23,25). The molecule has 2 heterocycles. The van der Waals surface area contributed by atoms with Gasteiger partial charge < -0.3 is 21.7 Å². The van der Waals surface area contributed by atoms with Crippen LogP contribution in [0.15, 0.2) is 24.3 Å². The number of carbonyl (C=O) groups is 1. The van der Waals surface area contributed by atoms with Crippen LogP contribution in [-0.2, 0) is 0 Å². The zero-order chi connectivity index (χ0) is 17.9. The van der Waals surface area contributed by atoms with Crippen LogP contribution in [0.2, 0.25) is 0 Å². The van der Waals surface area contributed by atoms with E-state index in [4.69, 9.17) is 5.73 Å². The molecule has 26 heavy (non-hydrogen) atoms. The van der Waals surface area contributed by atoms with Gasteiger partial charge in [0.1, 0.15) is 0 Å². The molecule has 1 aromatic heterocycles. The van der Waals surface area contributed by atoms with E-state index in [0.29, 0.717) is 23.7 Å². The summed E-state index contributed by atoms with van der Waals surface area (Å²) in [5, 5.41) is 17.6. The van der Waals surface area contributed by atoms with Crippen LogP contribution in [0.5, 0.6) is 0 Å². The monoisotopic (exact) mass is 353 g/mol. The number of primary amides is 1. The summed E-state index contributed by atoms with van der Waals surface area (Å²) in [5.74, 6) is 0.718. The van der Waals surface area contributed by atoms with E-state index in [0.717, 1.165) is 31.6 Å². The maximum absolute atomic E-state index is 11.5. The summed E-state index contributed by atoms with van der Waals surface area (Å²) in [5.41, 5.74) is 7.67. The first-order valence-electron chi connectivity index (χ1n) is 9.08. The van der Waals surface area contributed by atoms with E-state index in [-0.39, 0.29) is 5.69 Å². The first-order valence-corrected chi connectivity index (χ1v) is 9.08. The van der Waals surface area contributed by atoms with Crippen molar-refractivity contribution in [2.75, 3.05) is 23.7 Å². The Balaban J connectivity index is 1.48. The molecule has 136 valence electrons. The smallest absolute Gasteiger partial charge is 0.273 e. The van der Waals surface area contributed by atoms with Gasteiger partial charge in [-0.05, 0) is 62.4 Å². The number of nitrogens with one attached hydrogen (secondary N) is 3. The SMILES string of the molecule is NC(=O)c1nnc(Nc2ccc(C3CCNCC3)cc2)nc1NC1CC1. The van der Waals surface area contributed by atoms with Gasteiger partial charge in [0.05, 0.1) is 0 Å². The van der Waals surface area contributed by atoms with Crippen molar-refractivity contribution >= 4 is 23.4 Å². The number of anilines is 3. The van der Waals surface area contributed by atoms with E-state index in [9.17, 15) is 4.79 Å². The van der Waals surface area contributed by atoms with E-state index in [2.05, 4.69) is 43.3 Å². The third-order valence-electron chi connectivity index (χ3n) is 4.82. The summed E-state index contributed by atoms with van der Waals surface area (Å²) in [6, 6.07) is 8.68. The highest BCUT2D eigenvalue weighted by atomic mass is 16.1. The van der Waals surface area contributed by atoms with Gasteiger partial charge in [-0.3, -0.25) is 4.79 Å². The average Bonchev–Trinajstić information content (AvgIpc) is 3.47. The Morgan fingerprint density at radius 3 is 2.46 bits per heavy atom. The van der Waals surface area contributed by atoms with Gasteiger partial charge >= 0.3 is 0 Å². The van der Waals surface area contributed by atoms with Crippen LogP contribution < -0.4 is 21.7 Å². The zero-order valence-electron chi connectivity index (χ0n) is 14.5. The molecule has 2 aliphatic rings. The Labute approximate surface area is 152 Å². The molecule has 1 aromatic carbocycles. The number of nitrogens with zero attached hydrogens (tertiary/aromatic N) is 3. The predicted molar refractivity (Wildman–Crippen MR) is 99.6 cm³/mol. The van der Waals surface area contributed by atoms with Crippen LogP contribution in [0.25, 0.3) is 0 Å². The van der Waals surface area contributed by atoms with Gasteiger partial charge in [-0.15, -0.1) is 10.2 Å². The lowest BCUT2D eigenvalue weighted by Gasteiger charge is -2.23. The van der Waals surface area contributed by atoms with Crippen molar-refractivity contribution in [2.45, 2.75) is 37.6 Å². The van der Waals surface area contributed by atoms with Gasteiger partial charge in [0.15, 0.2) is 11.5 Å². The molecule has 0 unspecified atom stereocenters. The summed E-state index contributed by atoms with van der Waals surface area (Å²) in [6.45, 7) is 2.15. The number of amides is 1. The van der Waals surface area contributed by atoms with Crippen molar-refractivity contribution in [3.63, 3.8) is 0 Å². The van der Waals surface area contributed by atoms with E-state index in [1.54, 1.807) is 0 Å². The molecule has 8 heteroatoms. The molecule has 2 fully saturated rings. The molecule has 2 aromatic rings. The Kier molecular flexibility index (Phi) is 4.66. The summed E-state index contributed by atoms with van der Waals surface area (Å²) in [4.78, 5) is 15.9. The summed E-state index contributed by atoms with van der Waals surface area (Å²) in [6.07, 6.45) is 4.46. The second kappa shape index (κ2) is 7.25. The predicted octanol–water partition coefficient (Wildman–Crippen LogP) is 1.76. The summed E-state index contributed by atoms with van der Waals surface area (Å²) in [7, 11) is 0. The van der Waals surface area contributed by atoms with Crippen LogP contribution in [0, 0.1) is 0 Å². The van der Waals surface area contributed by atoms with E-state index < -0.39 is 5.91 Å². The molecule has 8 nitrogen and oxygen atoms in total. The molecule has 1 aliphatic heterocycles. The molecular weight excluding hydrogens is 330 g/mol. The number of benzene rings is 1. The molecule has 5 N–H and O–H groups in total. The number of hydrogen-bond acceptors (Lipinski definition) is 7. The molecule has 0 bridgehead atoms. The summed E-state index contributed by atoms with van der Waals surface area (Å²) < 4.78 is 0. The Morgan fingerprint density at radius 1 is 1.08 bits per heavy atom. The fourth-order valence-corrected chi connectivity index (χ4v) is 3.19. The molecule has 1 saturated carbocycles. The van der Waals surface area contributed by atoms with Crippen LogP contribution in [0.1, 0.15) is 47.7 Å². The Morgan fingerprint density at radius 2 is 1.81 bits per heavy atom. The minimum Gasteiger partial charge on any atom is -0.365 e. The number of aromatic nitrogens is 3. The largest absolute Gasteiger partial charge is 0.365 e. The van der Waals surface area contributed by atoms with Crippen molar-refractivity contribution in [3.8, 4) is 0 Å². The number of rotatable bonds is 6. The van der Waals surface area contributed by atoms with Crippen LogP contribution in [0.4, 0.5) is 17.5 Å². The highest BCUT2D eigenvalue weighted by Gasteiger charge is 2.25. The fraction of sp³-hybridized carbons (Fsp3) is 0.444. The van der Waals surface area contributed by atoms with Gasteiger partial charge in [0, 0.05) is 11.7 Å². The number of hydrogen-bond donors (Lipinski definition) is 4. The van der Waals surface area contributed by atoms with Crippen LogP contribution in [-0.4, -0.2) is 40.2 Å². The Bertz CT molecular complexity index is 783. The second-order valence-corrected chi connectivity index (χ2v) is 6.89. The number of carbonyl (C=O) groups excluding carboxylic acids is 1. The van der Waals surface area contributed by atoms with Crippen LogP contribution in [0.3, 0.4) is 0 Å². The maximum atomic E-state index is 11.5. The molecule has 1 amide bonds. The highest BCUT2D eigenvalue weighted by Crippen LogP contribution is 2.28. The number of piperidine rings is 1. The fourth-order valence-electron chi connectivity index (χ4n) is 3.19. The van der Waals surface area contributed by atoms with Gasteiger partial charge in [-0.25, -0.2) is 0 Å². The minimum absolute atomic E-state index is 0.0729. The number of nitrogens with two attached hydrogens (primary N) is 1. The normalized spacial score (nSPS) is 17.7. The first-order chi connectivity index (χ1) is 12.7. The van der Waals surface area contributed by atoms with Crippen molar-refractivity contribution < 1.29 is 4.79 Å². The van der Waals surface area contributed by atoms with Gasteiger partial charge in [0.2, 0.25) is 5.95 Å². The first kappa shape index (κ1) is 16.7. The van der Waals surface area contributed by atoms with Gasteiger partial charge in [0.25, 0.3) is 5.91 Å².